The van der Waals surface area contributed by atoms with Crippen LogP contribution in [-0.2, 0) is 9.59 Å². The molecule has 1 aromatic heterocycles. The molecule has 2 fully saturated rings. The first-order valence-corrected chi connectivity index (χ1v) is 11.1. The molecule has 3 aliphatic rings. The minimum Gasteiger partial charge on any atom is -0.408 e. The van der Waals surface area contributed by atoms with Gasteiger partial charge in [0.25, 0.3) is 5.91 Å². The number of benzene rings is 1. The Morgan fingerprint density at radius 2 is 2.03 bits per heavy atom. The molecule has 0 unspecified atom stereocenters. The van der Waals surface area contributed by atoms with Gasteiger partial charge < -0.3 is 25.3 Å². The topological polar surface area (TPSA) is 103 Å². The van der Waals surface area contributed by atoms with E-state index in [2.05, 4.69) is 15.6 Å². The molecule has 0 bridgehead atoms. The zero-order chi connectivity index (χ0) is 23.3. The Bertz CT molecular complexity index is 1200. The predicted molar refractivity (Wildman–Crippen MR) is 120 cm³/mol. The van der Waals surface area contributed by atoms with Crippen LogP contribution in [0.4, 0.5) is 14.9 Å². The second-order valence-corrected chi connectivity index (χ2v) is 8.89. The molecule has 172 valence electrons. The molecule has 3 amide bonds. The lowest BCUT2D eigenvalue weighted by molar-refractivity contribution is -0.129. The molecule has 9 heteroatoms. The molecule has 1 saturated carbocycles. The minimum absolute atomic E-state index is 0.0305. The van der Waals surface area contributed by atoms with Gasteiger partial charge >= 0.3 is 6.09 Å². The number of ether oxygens (including phenoxy) is 1. The summed E-state index contributed by atoms with van der Waals surface area (Å²) in [5.74, 6) is -0.222. The van der Waals surface area contributed by atoms with Crippen molar-refractivity contribution in [3.05, 3.63) is 46.5 Å². The number of hydrogen-bond acceptors (Lipinski definition) is 4. The van der Waals surface area contributed by atoms with E-state index in [-0.39, 0.29) is 23.8 Å². The standard InChI is InChI=1S/C24H25FN4O4/c1-12-20(11-18-17-10-15(25)4-6-19(17)28-22(18)30)26-13(2)21(12)33-24(32)27-16-5-3-14(9-16)23(31)29-7-8-29/h4,6,10-11,14,16,26H,3,5,7-9H2,1-2H3,(H,27,32)(H,28,30)/b18-11-/t14-,16+/m0/s1. The third-order valence-corrected chi connectivity index (χ3v) is 6.52. The highest BCUT2D eigenvalue weighted by Gasteiger charge is 2.37. The SMILES string of the molecule is Cc1[nH]c(/C=C2\C(=O)Nc3ccc(F)cc32)c(C)c1OC(=O)N[C@@H]1CC[C@H](C(=O)N2CC2)C1. The third kappa shape index (κ3) is 4.10. The highest BCUT2D eigenvalue weighted by molar-refractivity contribution is 6.34. The summed E-state index contributed by atoms with van der Waals surface area (Å²) in [6, 6.07) is 4.04. The Hall–Kier alpha value is -3.62. The molecule has 1 aromatic carbocycles. The molecule has 2 aromatic rings. The monoisotopic (exact) mass is 452 g/mol. The van der Waals surface area contributed by atoms with Crippen molar-refractivity contribution < 1.29 is 23.5 Å². The lowest BCUT2D eigenvalue weighted by Gasteiger charge is -2.13. The number of aromatic amines is 1. The third-order valence-electron chi connectivity index (χ3n) is 6.52. The summed E-state index contributed by atoms with van der Waals surface area (Å²) in [6.45, 7) is 5.23. The quantitative estimate of drug-likeness (QED) is 0.489. The van der Waals surface area contributed by atoms with E-state index in [4.69, 9.17) is 4.74 Å². The van der Waals surface area contributed by atoms with Crippen molar-refractivity contribution in [2.24, 2.45) is 5.92 Å². The molecule has 33 heavy (non-hydrogen) atoms. The van der Waals surface area contributed by atoms with Crippen molar-refractivity contribution in [3.8, 4) is 5.75 Å². The van der Waals surface area contributed by atoms with E-state index in [1.165, 1.54) is 18.2 Å². The molecule has 2 aliphatic heterocycles. The van der Waals surface area contributed by atoms with Crippen LogP contribution in [0.3, 0.4) is 0 Å². The first-order valence-electron chi connectivity index (χ1n) is 11.1. The molecular formula is C24H25FN4O4. The van der Waals surface area contributed by atoms with Crippen LogP contribution in [0.5, 0.6) is 5.75 Å². The Labute approximate surface area is 190 Å². The summed E-state index contributed by atoms with van der Waals surface area (Å²) < 4.78 is 19.3. The van der Waals surface area contributed by atoms with Gasteiger partial charge in [-0.15, -0.1) is 0 Å². The van der Waals surface area contributed by atoms with Gasteiger partial charge in [0.15, 0.2) is 5.75 Å². The van der Waals surface area contributed by atoms with E-state index in [1.54, 1.807) is 19.9 Å². The van der Waals surface area contributed by atoms with Gasteiger partial charge in [-0.1, -0.05) is 0 Å². The van der Waals surface area contributed by atoms with Crippen LogP contribution >= 0.6 is 0 Å². The summed E-state index contributed by atoms with van der Waals surface area (Å²) in [4.78, 5) is 42.1. The summed E-state index contributed by atoms with van der Waals surface area (Å²) in [6.07, 6.45) is 3.19. The molecule has 5 rings (SSSR count). The van der Waals surface area contributed by atoms with Crippen LogP contribution in [0.2, 0.25) is 0 Å². The number of nitrogens with zero attached hydrogens (tertiary/aromatic N) is 1. The molecule has 8 nitrogen and oxygen atoms in total. The van der Waals surface area contributed by atoms with Crippen LogP contribution in [-0.4, -0.2) is 46.9 Å². The number of fused-ring (bicyclic) bond motifs is 1. The molecular weight excluding hydrogens is 427 g/mol. The zero-order valence-electron chi connectivity index (χ0n) is 18.5. The number of carbonyl (C=O) groups excluding carboxylic acids is 3. The van der Waals surface area contributed by atoms with E-state index < -0.39 is 11.9 Å². The number of carbonyl (C=O) groups is 3. The number of hydrogen-bond donors (Lipinski definition) is 3. The van der Waals surface area contributed by atoms with Crippen molar-refractivity contribution in [2.75, 3.05) is 18.4 Å². The maximum atomic E-state index is 13.7. The maximum Gasteiger partial charge on any atom is 0.412 e. The van der Waals surface area contributed by atoms with Crippen molar-refractivity contribution >= 4 is 35.2 Å². The molecule has 1 saturated heterocycles. The van der Waals surface area contributed by atoms with Gasteiger partial charge in [0, 0.05) is 47.6 Å². The molecule has 3 N–H and O–H groups in total. The first kappa shape index (κ1) is 21.2. The number of aryl methyl sites for hydroxylation is 1. The number of rotatable bonds is 4. The normalized spacial score (nSPS) is 22.3. The Balaban J connectivity index is 1.28. The summed E-state index contributed by atoms with van der Waals surface area (Å²) in [5.41, 5.74) is 3.26. The summed E-state index contributed by atoms with van der Waals surface area (Å²) >= 11 is 0. The largest absolute Gasteiger partial charge is 0.412 e. The fourth-order valence-electron chi connectivity index (χ4n) is 4.66. The molecule has 3 heterocycles. The highest BCUT2D eigenvalue weighted by Crippen LogP contribution is 2.36. The van der Waals surface area contributed by atoms with Gasteiger partial charge in [-0.25, -0.2) is 9.18 Å². The summed E-state index contributed by atoms with van der Waals surface area (Å²) in [5, 5.41) is 5.59. The number of halogens is 1. The Morgan fingerprint density at radius 1 is 1.24 bits per heavy atom. The average Bonchev–Trinajstić information content (AvgIpc) is 3.38. The van der Waals surface area contributed by atoms with Crippen LogP contribution in [0.1, 0.15) is 41.8 Å². The van der Waals surface area contributed by atoms with Crippen LogP contribution < -0.4 is 15.4 Å². The lowest BCUT2D eigenvalue weighted by Crippen LogP contribution is -2.36. The van der Waals surface area contributed by atoms with Crippen molar-refractivity contribution in [1.82, 2.24) is 15.2 Å². The van der Waals surface area contributed by atoms with Crippen LogP contribution in [0.15, 0.2) is 18.2 Å². The van der Waals surface area contributed by atoms with Gasteiger partial charge in [-0.3, -0.25) is 9.59 Å². The number of nitrogens with one attached hydrogen (secondary N) is 3. The Morgan fingerprint density at radius 3 is 2.79 bits per heavy atom. The smallest absolute Gasteiger partial charge is 0.408 e. The van der Waals surface area contributed by atoms with E-state index >= 15 is 0 Å². The molecule has 2 atom stereocenters. The number of aromatic nitrogens is 1. The fourth-order valence-corrected chi connectivity index (χ4v) is 4.66. The van der Waals surface area contributed by atoms with E-state index in [0.717, 1.165) is 25.9 Å². The van der Waals surface area contributed by atoms with Crippen LogP contribution in [0.25, 0.3) is 11.6 Å². The predicted octanol–water partition coefficient (Wildman–Crippen LogP) is 3.36. The molecule has 0 spiro atoms. The van der Waals surface area contributed by atoms with E-state index in [9.17, 15) is 18.8 Å². The van der Waals surface area contributed by atoms with Gasteiger partial charge in [0.05, 0.1) is 11.3 Å². The van der Waals surface area contributed by atoms with Gasteiger partial charge in [-0.05, 0) is 57.4 Å². The van der Waals surface area contributed by atoms with Crippen LogP contribution in [0, 0.1) is 25.6 Å². The zero-order valence-corrected chi connectivity index (χ0v) is 18.5. The fraction of sp³-hybridized carbons (Fsp3) is 0.375. The van der Waals surface area contributed by atoms with Gasteiger partial charge in [-0.2, -0.15) is 0 Å². The molecule has 0 radical (unpaired) electrons. The number of H-pyrrole nitrogens is 1. The van der Waals surface area contributed by atoms with Crippen molar-refractivity contribution in [1.29, 1.82) is 0 Å². The second-order valence-electron chi connectivity index (χ2n) is 8.89. The maximum absolute atomic E-state index is 13.7. The summed E-state index contributed by atoms with van der Waals surface area (Å²) in [7, 11) is 0. The van der Waals surface area contributed by atoms with Gasteiger partial charge in [0.2, 0.25) is 5.91 Å². The number of anilines is 1. The first-order chi connectivity index (χ1) is 15.8. The second kappa shape index (κ2) is 8.06. The van der Waals surface area contributed by atoms with Crippen molar-refractivity contribution in [2.45, 2.75) is 39.2 Å². The van der Waals surface area contributed by atoms with E-state index in [0.29, 0.717) is 45.9 Å². The van der Waals surface area contributed by atoms with Gasteiger partial charge in [0.1, 0.15) is 5.82 Å². The average molecular weight is 452 g/mol. The molecule has 1 aliphatic carbocycles. The lowest BCUT2D eigenvalue weighted by atomic mass is 10.0. The van der Waals surface area contributed by atoms with E-state index in [1.807, 2.05) is 4.90 Å². The highest BCUT2D eigenvalue weighted by atomic mass is 19.1. The minimum atomic E-state index is -0.574. The van der Waals surface area contributed by atoms with Crippen molar-refractivity contribution in [3.63, 3.8) is 0 Å². The number of amides is 3. The Kier molecular flexibility index (Phi) is 5.19.